The van der Waals surface area contributed by atoms with Crippen LogP contribution in [-0.4, -0.2) is 29.0 Å². The number of nitrogens with zero attached hydrogens (tertiary/aromatic N) is 2. The molecule has 3 amide bonds. The smallest absolute Gasteiger partial charge is 0.316 e. The highest BCUT2D eigenvalue weighted by atomic mass is 32.1. The van der Waals surface area contributed by atoms with Crippen LogP contribution in [0.5, 0.6) is 0 Å². The predicted molar refractivity (Wildman–Crippen MR) is 147 cm³/mol. The Bertz CT molecular complexity index is 1090. The number of anilines is 2. The van der Waals surface area contributed by atoms with Gasteiger partial charge >= 0.3 is 6.03 Å². The topological polar surface area (TPSA) is 136 Å². The third-order valence-electron chi connectivity index (χ3n) is 6.16. The maximum absolute atomic E-state index is 11.1. The maximum Gasteiger partial charge on any atom is 0.316 e. The Hall–Kier alpha value is -3.59. The van der Waals surface area contributed by atoms with Crippen LogP contribution >= 0.6 is 12.6 Å². The van der Waals surface area contributed by atoms with Crippen LogP contribution in [0.3, 0.4) is 0 Å². The third-order valence-corrected chi connectivity index (χ3v) is 6.46. The average molecular weight is 507 g/mol. The molecular weight excluding hydrogens is 472 g/mol. The molecule has 0 atom stereocenters. The molecule has 0 aliphatic heterocycles. The number of aryl methyl sites for hydroxylation is 3. The molecule has 1 heterocycles. The first kappa shape index (κ1) is 27.0. The van der Waals surface area contributed by atoms with Gasteiger partial charge in [-0.05, 0) is 91.8 Å². The largest absolute Gasteiger partial charge is 0.372 e. The Morgan fingerprint density at radius 2 is 1.64 bits per heavy atom. The van der Waals surface area contributed by atoms with E-state index in [1.807, 2.05) is 19.1 Å². The molecule has 6 N–H and O–H groups in total. The molecule has 0 saturated carbocycles. The van der Waals surface area contributed by atoms with Gasteiger partial charge in [0, 0.05) is 17.1 Å². The van der Waals surface area contributed by atoms with Crippen LogP contribution in [-0.2, 0) is 36.9 Å². The molecule has 0 bridgehead atoms. The van der Waals surface area contributed by atoms with Crippen molar-refractivity contribution in [2.24, 2.45) is 11.5 Å². The van der Waals surface area contributed by atoms with Gasteiger partial charge in [0.1, 0.15) is 5.82 Å². The molecule has 0 radical (unpaired) electrons. The molecule has 8 nitrogen and oxygen atoms in total. The van der Waals surface area contributed by atoms with E-state index in [1.165, 1.54) is 40.7 Å². The van der Waals surface area contributed by atoms with Gasteiger partial charge in [0.25, 0.3) is 0 Å². The van der Waals surface area contributed by atoms with Gasteiger partial charge in [-0.15, -0.1) is 12.6 Å². The number of nitrogens with one attached hydrogen (secondary N) is 2. The van der Waals surface area contributed by atoms with Gasteiger partial charge in [-0.3, -0.25) is 9.78 Å². The highest BCUT2D eigenvalue weighted by Crippen LogP contribution is 2.38. The van der Waals surface area contributed by atoms with Crippen LogP contribution in [0.25, 0.3) is 0 Å². The van der Waals surface area contributed by atoms with Crippen molar-refractivity contribution >= 4 is 36.6 Å². The number of nitrogens with two attached hydrogens (primary N) is 2. The number of fused-ring (bicyclic) bond motifs is 2. The molecule has 190 valence electrons. The van der Waals surface area contributed by atoms with Gasteiger partial charge in [-0.1, -0.05) is 18.2 Å². The predicted octanol–water partition coefficient (Wildman–Crippen LogP) is 3.98. The standard InChI is InChI=1S/C13H15N3S.C13H16N2O.CH3NO/c1-10-8-16-13(9-15-10)14-7-6-11-2-4-12(17)5-3-11;14-13(16)15-12-10-5-1-3-8(10)7-9-4-2-6-11(9)12;2-1-3/h2-5,8-9,17H,6-7H2,1H3,(H,14,16);7H,1-6H2,(H3,14,15,16);1H,(H2,2,3). The fourth-order valence-corrected chi connectivity index (χ4v) is 4.72. The van der Waals surface area contributed by atoms with Crippen molar-refractivity contribution in [2.75, 3.05) is 17.2 Å². The molecule has 2 aromatic carbocycles. The van der Waals surface area contributed by atoms with Crippen LogP contribution in [0, 0.1) is 6.92 Å². The van der Waals surface area contributed by atoms with Crippen LogP contribution < -0.4 is 22.1 Å². The lowest BCUT2D eigenvalue weighted by atomic mass is 9.99. The molecule has 0 fully saturated rings. The number of hydrogen-bond acceptors (Lipinski definition) is 6. The summed E-state index contributed by atoms with van der Waals surface area (Å²) in [7, 11) is 0. The number of hydrogen-bond donors (Lipinski definition) is 5. The van der Waals surface area contributed by atoms with Crippen molar-refractivity contribution in [1.29, 1.82) is 0 Å². The first-order valence-corrected chi connectivity index (χ1v) is 12.5. The van der Waals surface area contributed by atoms with E-state index in [2.05, 4.69) is 57.2 Å². The molecule has 0 saturated heterocycles. The quantitative estimate of drug-likeness (QED) is 0.263. The zero-order chi connectivity index (χ0) is 25.9. The Morgan fingerprint density at radius 3 is 2.17 bits per heavy atom. The van der Waals surface area contributed by atoms with Gasteiger partial charge in [0.05, 0.1) is 18.1 Å². The lowest BCUT2D eigenvalue weighted by Gasteiger charge is -2.14. The van der Waals surface area contributed by atoms with Crippen LogP contribution in [0.15, 0.2) is 47.6 Å². The first-order valence-electron chi connectivity index (χ1n) is 12.1. The molecule has 2 aliphatic carbocycles. The van der Waals surface area contributed by atoms with E-state index in [4.69, 9.17) is 10.5 Å². The van der Waals surface area contributed by atoms with Crippen LogP contribution in [0.1, 0.15) is 46.4 Å². The highest BCUT2D eigenvalue weighted by molar-refractivity contribution is 7.80. The van der Waals surface area contributed by atoms with E-state index < -0.39 is 6.03 Å². The Labute approximate surface area is 217 Å². The number of rotatable bonds is 5. The normalized spacial score (nSPS) is 12.7. The van der Waals surface area contributed by atoms with Crippen molar-refractivity contribution in [3.05, 3.63) is 76.2 Å². The molecule has 1 aromatic heterocycles. The Kier molecular flexibility index (Phi) is 10.1. The Morgan fingerprint density at radius 1 is 1.03 bits per heavy atom. The molecule has 9 heteroatoms. The minimum absolute atomic E-state index is 0.250. The molecule has 36 heavy (non-hydrogen) atoms. The summed E-state index contributed by atoms with van der Waals surface area (Å²) in [6.07, 6.45) is 11.6. The SMILES string of the molecule is Cc1cnc(NCCc2ccc(S)cc2)cn1.NC(=O)Nc1c2c(cc3c1CCC3)CCC2.NC=O. The third kappa shape index (κ3) is 7.71. The number of carbonyl (C=O) groups excluding carboxylic acids is 2. The summed E-state index contributed by atoms with van der Waals surface area (Å²) in [5.41, 5.74) is 18.2. The molecule has 0 spiro atoms. The number of amides is 3. The minimum Gasteiger partial charge on any atom is -0.372 e. The summed E-state index contributed by atoms with van der Waals surface area (Å²) < 4.78 is 0. The number of aromatic nitrogens is 2. The summed E-state index contributed by atoms with van der Waals surface area (Å²) in [4.78, 5) is 29.1. The van der Waals surface area contributed by atoms with E-state index in [0.717, 1.165) is 60.7 Å². The average Bonchev–Trinajstić information content (AvgIpc) is 3.52. The van der Waals surface area contributed by atoms with Crippen LogP contribution in [0.2, 0.25) is 0 Å². The zero-order valence-corrected chi connectivity index (χ0v) is 21.5. The summed E-state index contributed by atoms with van der Waals surface area (Å²) in [5, 5.41) is 6.09. The molecule has 5 rings (SSSR count). The minimum atomic E-state index is -0.436. The number of benzene rings is 2. The van der Waals surface area contributed by atoms with E-state index in [0.29, 0.717) is 0 Å². The van der Waals surface area contributed by atoms with Gasteiger partial charge in [-0.25, -0.2) is 9.78 Å². The monoisotopic (exact) mass is 506 g/mol. The van der Waals surface area contributed by atoms with Crippen molar-refractivity contribution in [2.45, 2.75) is 56.8 Å². The summed E-state index contributed by atoms with van der Waals surface area (Å²) in [5.74, 6) is 0.821. The molecule has 2 aliphatic rings. The van der Waals surface area contributed by atoms with Gasteiger partial charge < -0.3 is 22.1 Å². The van der Waals surface area contributed by atoms with E-state index in [9.17, 15) is 4.79 Å². The maximum atomic E-state index is 11.1. The number of carbonyl (C=O) groups is 2. The van der Waals surface area contributed by atoms with Gasteiger partial charge in [0.2, 0.25) is 6.41 Å². The van der Waals surface area contributed by atoms with Crippen molar-refractivity contribution in [1.82, 2.24) is 9.97 Å². The molecule has 0 unspecified atom stereocenters. The van der Waals surface area contributed by atoms with E-state index in [-0.39, 0.29) is 6.41 Å². The van der Waals surface area contributed by atoms with Gasteiger partial charge in [-0.2, -0.15) is 0 Å². The van der Waals surface area contributed by atoms with Crippen LogP contribution in [0.4, 0.5) is 16.3 Å². The Balaban J connectivity index is 0.000000181. The molecular formula is C27H34N6O2S. The van der Waals surface area contributed by atoms with Crippen molar-refractivity contribution in [3.63, 3.8) is 0 Å². The highest BCUT2D eigenvalue weighted by Gasteiger charge is 2.24. The summed E-state index contributed by atoms with van der Waals surface area (Å²) in [6.45, 7) is 2.78. The van der Waals surface area contributed by atoms with Crippen molar-refractivity contribution in [3.8, 4) is 0 Å². The lowest BCUT2D eigenvalue weighted by molar-refractivity contribution is -0.106. The summed E-state index contributed by atoms with van der Waals surface area (Å²) >= 11 is 4.26. The second kappa shape index (κ2) is 13.5. The molecule has 3 aromatic rings. The fraction of sp³-hybridized carbons (Fsp3) is 0.333. The van der Waals surface area contributed by atoms with E-state index >= 15 is 0 Å². The number of primary amides is 2. The second-order valence-corrected chi connectivity index (χ2v) is 9.26. The first-order chi connectivity index (χ1) is 17.4. The summed E-state index contributed by atoms with van der Waals surface area (Å²) in [6, 6.07) is 10.1. The second-order valence-electron chi connectivity index (χ2n) is 8.75. The van der Waals surface area contributed by atoms with E-state index in [1.54, 1.807) is 12.4 Å². The fourth-order valence-electron chi connectivity index (χ4n) is 4.57. The zero-order valence-electron chi connectivity index (χ0n) is 20.6. The number of thiol groups is 1. The lowest BCUT2D eigenvalue weighted by Crippen LogP contribution is -2.21. The van der Waals surface area contributed by atoms with Gasteiger partial charge in [0.15, 0.2) is 0 Å². The number of urea groups is 1. The van der Waals surface area contributed by atoms with Crippen molar-refractivity contribution < 1.29 is 9.59 Å².